The predicted molar refractivity (Wildman–Crippen MR) is 317 cm³/mol. The average Bonchev–Trinajstić information content (AvgIpc) is 3.37. The van der Waals surface area contributed by atoms with E-state index in [1.807, 2.05) is 24.3 Å². The van der Waals surface area contributed by atoms with Crippen molar-refractivity contribution in [2.75, 3.05) is 32.4 Å². The quantitative estimate of drug-likeness (QED) is 0.300. The Morgan fingerprint density at radius 3 is 1.33 bits per heavy atom. The molecule has 0 bridgehead atoms. The van der Waals surface area contributed by atoms with Crippen molar-refractivity contribution >= 4 is 38.9 Å². The molecule has 2 aromatic carbocycles. The molecule has 2 saturated heterocycles. The number of aryl methyl sites for hydroxylation is 1. The lowest BCUT2D eigenvalue weighted by molar-refractivity contribution is -0.135. The van der Waals surface area contributed by atoms with E-state index in [9.17, 15) is 13.2 Å². The summed E-state index contributed by atoms with van der Waals surface area (Å²) in [6, 6.07) is 13.8. The normalized spacial score (nSPS) is 23.9. The molecule has 2 heterocycles. The second-order valence-corrected chi connectivity index (χ2v) is 26.5. The van der Waals surface area contributed by atoms with Gasteiger partial charge in [-0.1, -0.05) is 285 Å². The third-order valence-electron chi connectivity index (χ3n) is 17.0. The van der Waals surface area contributed by atoms with Crippen LogP contribution in [0, 0.1) is 11.3 Å². The van der Waals surface area contributed by atoms with Gasteiger partial charge >= 0.3 is 0 Å². The number of nitrogens with zero attached hydrogens (tertiary/aromatic N) is 1. The number of rotatable bonds is 7. The smallest absolute Gasteiger partial charge is 0.227 e. The molecule has 1 spiro atoms. The van der Waals surface area contributed by atoms with E-state index in [2.05, 4.69) is 28.4 Å². The maximum atomic E-state index is 13.8. The first-order valence-electron chi connectivity index (χ1n) is 31.4. The summed E-state index contributed by atoms with van der Waals surface area (Å²) in [5.74, 6) is 0.997. The zero-order chi connectivity index (χ0) is 51.9. The zero-order valence-electron chi connectivity index (χ0n) is 47.1. The second kappa shape index (κ2) is 40.6. The SMILES string of the molecule is CS(=O)(=O)c1ccc(CC2CCCCCCCCCCCCCCCCCCCCCCCCCCCCC3(CCCNC3=O)CN(CCCc3ccc(Cl)c(Cl)c3)CCCCCCCCCCCCC2)cc1. The van der Waals surface area contributed by atoms with Crippen LogP contribution in [-0.2, 0) is 27.5 Å². The molecule has 2 aliphatic heterocycles. The molecule has 1 amide bonds. The minimum atomic E-state index is -3.17. The van der Waals surface area contributed by atoms with Crippen LogP contribution in [0.1, 0.15) is 287 Å². The zero-order valence-corrected chi connectivity index (χ0v) is 49.4. The number of amides is 1. The van der Waals surface area contributed by atoms with Crippen LogP contribution in [0.5, 0.6) is 0 Å². The number of carbonyl (C=O) groups excluding carboxylic acids is 1. The van der Waals surface area contributed by atoms with Gasteiger partial charge in [0.25, 0.3) is 0 Å². The Labute approximate surface area is 461 Å². The molecule has 2 unspecified atom stereocenters. The Balaban J connectivity index is 1.23. The fourth-order valence-electron chi connectivity index (χ4n) is 12.4. The first-order valence-corrected chi connectivity index (χ1v) is 34.0. The third kappa shape index (κ3) is 30.2. The number of halogens is 2. The van der Waals surface area contributed by atoms with Gasteiger partial charge in [-0.15, -0.1) is 0 Å². The Morgan fingerprint density at radius 2 is 0.904 bits per heavy atom. The van der Waals surface area contributed by atoms with Gasteiger partial charge in [0.1, 0.15) is 0 Å². The second-order valence-electron chi connectivity index (χ2n) is 23.7. The highest BCUT2D eigenvalue weighted by molar-refractivity contribution is 7.90. The van der Waals surface area contributed by atoms with Crippen molar-refractivity contribution in [3.8, 4) is 0 Å². The molecule has 4 rings (SSSR count). The van der Waals surface area contributed by atoms with E-state index in [1.54, 1.807) is 0 Å². The van der Waals surface area contributed by atoms with Gasteiger partial charge in [0.15, 0.2) is 9.84 Å². The molecule has 2 aromatic rings. The summed E-state index contributed by atoms with van der Waals surface area (Å²) in [6.45, 7) is 3.80. The van der Waals surface area contributed by atoms with Crippen LogP contribution in [0.15, 0.2) is 47.4 Å². The number of carbonyl (C=O) groups is 1. The maximum absolute atomic E-state index is 13.8. The Hall–Kier alpha value is -1.60. The van der Waals surface area contributed by atoms with Crippen LogP contribution in [0.3, 0.4) is 0 Å². The monoisotopic (exact) mass is 1070 g/mol. The van der Waals surface area contributed by atoms with E-state index in [0.717, 1.165) is 71.1 Å². The fraction of sp³-hybridized carbons (Fsp3) is 0.800. The van der Waals surface area contributed by atoms with Crippen molar-refractivity contribution in [3.63, 3.8) is 0 Å². The maximum Gasteiger partial charge on any atom is 0.227 e. The van der Waals surface area contributed by atoms with Crippen LogP contribution in [0.2, 0.25) is 10.0 Å². The molecule has 1 N–H and O–H groups in total. The molecule has 5 nitrogen and oxygen atoms in total. The molecule has 0 aromatic heterocycles. The summed E-state index contributed by atoms with van der Waals surface area (Å²) in [5, 5.41) is 4.57. The average molecular weight is 1070 g/mol. The van der Waals surface area contributed by atoms with Crippen molar-refractivity contribution in [1.82, 2.24) is 10.2 Å². The summed E-state index contributed by atoms with van der Waals surface area (Å²) in [7, 11) is -3.17. The molecule has 0 saturated carbocycles. The Kier molecular flexibility index (Phi) is 35.5. The molecular formula is C65H110Cl2N2O3S. The van der Waals surface area contributed by atoms with Gasteiger partial charge in [0.2, 0.25) is 5.91 Å². The fourth-order valence-corrected chi connectivity index (χ4v) is 13.3. The van der Waals surface area contributed by atoms with Crippen LogP contribution in [0.4, 0.5) is 0 Å². The van der Waals surface area contributed by atoms with E-state index in [0.29, 0.717) is 26.8 Å². The number of hydrogen-bond acceptors (Lipinski definition) is 4. The highest BCUT2D eigenvalue weighted by Crippen LogP contribution is 2.36. The molecule has 418 valence electrons. The van der Waals surface area contributed by atoms with Crippen LogP contribution in [-0.4, -0.2) is 51.7 Å². The van der Waals surface area contributed by atoms with Crippen LogP contribution in [0.25, 0.3) is 0 Å². The lowest BCUT2D eigenvalue weighted by Crippen LogP contribution is -2.52. The standard InChI is InChI=1S/C65H110Cl2N2O3S/c1-73(71,72)61-47-44-60(45-48-61)55-58-41-35-31-27-23-19-16-14-12-10-8-6-4-2-3-5-7-9-11-13-15-17-21-25-29-33-37-50-65(51-40-52-68-64(65)70)57-69(54-39-43-59-46-49-62(66)63(67)56-59)53-38-34-30-26-22-18-20-24-28-32-36-42-58/h44-49,56,58H,2-43,50-55,57H2,1H3,(H,68,70). The van der Waals surface area contributed by atoms with Crippen molar-refractivity contribution in [3.05, 3.63) is 63.6 Å². The molecule has 73 heavy (non-hydrogen) atoms. The van der Waals surface area contributed by atoms with Crippen LogP contribution >= 0.6 is 23.2 Å². The van der Waals surface area contributed by atoms with Gasteiger partial charge in [0, 0.05) is 19.3 Å². The molecule has 8 heteroatoms. The highest BCUT2D eigenvalue weighted by Gasteiger charge is 2.41. The van der Waals surface area contributed by atoms with Gasteiger partial charge in [-0.05, 0) is 99.3 Å². The number of benzene rings is 2. The topological polar surface area (TPSA) is 66.5 Å². The molecule has 0 aliphatic carbocycles. The predicted octanol–water partition coefficient (Wildman–Crippen LogP) is 20.0. The van der Waals surface area contributed by atoms with E-state index >= 15 is 0 Å². The molecular weight excluding hydrogens is 960 g/mol. The minimum absolute atomic E-state index is 0.260. The van der Waals surface area contributed by atoms with Gasteiger partial charge in [-0.2, -0.15) is 0 Å². The van der Waals surface area contributed by atoms with Crippen molar-refractivity contribution in [2.45, 2.75) is 294 Å². The van der Waals surface area contributed by atoms with Gasteiger partial charge in [-0.25, -0.2) is 8.42 Å². The van der Waals surface area contributed by atoms with Crippen molar-refractivity contribution in [2.24, 2.45) is 11.3 Å². The Morgan fingerprint density at radius 1 is 0.507 bits per heavy atom. The van der Waals surface area contributed by atoms with Crippen molar-refractivity contribution in [1.29, 1.82) is 0 Å². The minimum Gasteiger partial charge on any atom is -0.356 e. The van der Waals surface area contributed by atoms with Gasteiger partial charge in [-0.3, -0.25) is 4.79 Å². The van der Waals surface area contributed by atoms with E-state index in [-0.39, 0.29) is 5.41 Å². The molecule has 2 fully saturated rings. The van der Waals surface area contributed by atoms with E-state index < -0.39 is 9.84 Å². The van der Waals surface area contributed by atoms with Crippen LogP contribution < -0.4 is 5.32 Å². The summed E-state index contributed by atoms with van der Waals surface area (Å²) in [5.41, 5.74) is 2.26. The lowest BCUT2D eigenvalue weighted by atomic mass is 9.75. The number of hydrogen-bond donors (Lipinski definition) is 1. The molecule has 2 aliphatic rings. The highest BCUT2D eigenvalue weighted by atomic mass is 35.5. The molecule has 2 atom stereocenters. The summed E-state index contributed by atoms with van der Waals surface area (Å²) in [6.07, 6.45) is 60.7. The number of piperidine rings is 1. The third-order valence-corrected chi connectivity index (χ3v) is 18.9. The summed E-state index contributed by atoms with van der Waals surface area (Å²) >= 11 is 12.6. The largest absolute Gasteiger partial charge is 0.356 e. The Bertz CT molecular complexity index is 1790. The summed E-state index contributed by atoms with van der Waals surface area (Å²) in [4.78, 5) is 16.9. The number of nitrogens with one attached hydrogen (secondary N) is 1. The van der Waals surface area contributed by atoms with Crippen molar-refractivity contribution < 1.29 is 13.2 Å². The summed E-state index contributed by atoms with van der Waals surface area (Å²) < 4.78 is 24.2. The first kappa shape index (κ1) is 63.9. The van der Waals surface area contributed by atoms with Gasteiger partial charge < -0.3 is 10.2 Å². The molecule has 0 radical (unpaired) electrons. The number of sulfone groups is 1. The van der Waals surface area contributed by atoms with Gasteiger partial charge in [0.05, 0.1) is 20.4 Å². The first-order chi connectivity index (χ1) is 35.6. The van der Waals surface area contributed by atoms with E-state index in [1.165, 1.54) is 261 Å². The van der Waals surface area contributed by atoms with E-state index in [4.69, 9.17) is 23.2 Å². The lowest BCUT2D eigenvalue weighted by Gasteiger charge is -2.40.